The maximum Gasteiger partial charge on any atom is 0.513 e. The van der Waals surface area contributed by atoms with E-state index in [0.717, 1.165) is 19.3 Å². The highest BCUT2D eigenvalue weighted by Crippen LogP contribution is 2.30. The Bertz CT molecular complexity index is 902. The molecule has 39 heavy (non-hydrogen) atoms. The topological polar surface area (TPSA) is 136 Å². The Morgan fingerprint density at radius 1 is 0.846 bits per heavy atom. The van der Waals surface area contributed by atoms with Crippen molar-refractivity contribution in [2.24, 2.45) is 5.92 Å². The van der Waals surface area contributed by atoms with Crippen LogP contribution >= 0.6 is 0 Å². The van der Waals surface area contributed by atoms with Gasteiger partial charge in [-0.1, -0.05) is 46.6 Å². The summed E-state index contributed by atoms with van der Waals surface area (Å²) in [5.74, 6) is -0.526. The number of benzene rings is 1. The Morgan fingerprint density at radius 3 is 2.03 bits per heavy atom. The van der Waals surface area contributed by atoms with Crippen LogP contribution in [0, 0.1) is 5.92 Å². The maximum atomic E-state index is 12.4. The smallest absolute Gasteiger partial charge is 0.468 e. The van der Waals surface area contributed by atoms with Crippen LogP contribution in [0.4, 0.5) is 9.59 Å². The Labute approximate surface area is 230 Å². The van der Waals surface area contributed by atoms with Gasteiger partial charge in [0, 0.05) is 13.0 Å². The molecule has 0 amide bonds. The van der Waals surface area contributed by atoms with Crippen molar-refractivity contribution in [1.82, 2.24) is 5.32 Å². The molecule has 0 unspecified atom stereocenters. The summed E-state index contributed by atoms with van der Waals surface area (Å²) in [5.41, 5.74) is 0.579. The molecule has 0 bridgehead atoms. The van der Waals surface area contributed by atoms with Crippen LogP contribution < -0.4 is 14.8 Å². The lowest BCUT2D eigenvalue weighted by Crippen LogP contribution is -2.41. The molecule has 0 aromatic heterocycles. The summed E-state index contributed by atoms with van der Waals surface area (Å²) in [7, 11) is 1.27. The van der Waals surface area contributed by atoms with E-state index in [1.165, 1.54) is 19.2 Å². The lowest BCUT2D eigenvalue weighted by atomic mass is 10.1. The van der Waals surface area contributed by atoms with Crippen LogP contribution in [0.3, 0.4) is 0 Å². The Morgan fingerprint density at radius 2 is 1.46 bits per heavy atom. The molecule has 0 aliphatic rings. The van der Waals surface area contributed by atoms with Gasteiger partial charge >= 0.3 is 24.2 Å². The van der Waals surface area contributed by atoms with Crippen molar-refractivity contribution in [3.05, 3.63) is 23.8 Å². The Kier molecular flexibility index (Phi) is 17.0. The SMILES string of the molecule is CCCCOC(=O)Oc1ccc(C[C@H](NCCOC(=O)CCC(C)C)C(=O)OC)cc1OC(=O)OCCCC. The third-order valence-electron chi connectivity index (χ3n) is 5.44. The molecule has 0 aliphatic carbocycles. The lowest BCUT2D eigenvalue weighted by molar-refractivity contribution is -0.144. The van der Waals surface area contributed by atoms with Crippen LogP contribution in [0.5, 0.6) is 11.5 Å². The summed E-state index contributed by atoms with van der Waals surface area (Å²) in [6.45, 7) is 8.67. The predicted octanol–water partition coefficient (Wildman–Crippen LogP) is 4.97. The van der Waals surface area contributed by atoms with Crippen molar-refractivity contribution in [2.75, 3.05) is 33.5 Å². The number of carbonyl (C=O) groups excluding carboxylic acids is 4. The van der Waals surface area contributed by atoms with Crippen LogP contribution in [0.1, 0.15) is 71.8 Å². The summed E-state index contributed by atoms with van der Waals surface area (Å²) in [6, 6.07) is 3.75. The molecule has 1 aromatic rings. The van der Waals surface area contributed by atoms with Crippen molar-refractivity contribution in [3.8, 4) is 11.5 Å². The van der Waals surface area contributed by atoms with Crippen LogP contribution in [0.15, 0.2) is 18.2 Å². The van der Waals surface area contributed by atoms with Gasteiger partial charge in [0.05, 0.1) is 20.3 Å². The first-order valence-electron chi connectivity index (χ1n) is 13.5. The summed E-state index contributed by atoms with van der Waals surface area (Å²) in [6.07, 6.45) is 2.37. The standard InChI is InChI=1S/C28H43NO10/c1-6-8-15-36-27(32)38-23-12-11-21(19-24(23)39-28(33)37-16-9-7-2)18-22(26(31)34-5)29-14-17-35-25(30)13-10-20(3)4/h11-12,19-20,22,29H,6-10,13-18H2,1-5H3/t22-/m0/s1. The van der Waals surface area contributed by atoms with E-state index in [-0.39, 0.29) is 50.3 Å². The van der Waals surface area contributed by atoms with Crippen molar-refractivity contribution in [3.63, 3.8) is 0 Å². The molecule has 0 spiro atoms. The summed E-state index contributed by atoms with van der Waals surface area (Å²) >= 11 is 0. The average Bonchev–Trinajstić information content (AvgIpc) is 2.90. The molecule has 0 fully saturated rings. The number of rotatable bonds is 18. The van der Waals surface area contributed by atoms with Crippen molar-refractivity contribution < 1.29 is 47.6 Å². The summed E-state index contributed by atoms with van der Waals surface area (Å²) < 4.78 is 30.7. The van der Waals surface area contributed by atoms with Gasteiger partial charge in [-0.25, -0.2) is 9.59 Å². The molecule has 0 saturated heterocycles. The molecule has 1 aromatic carbocycles. The van der Waals surface area contributed by atoms with Gasteiger partial charge < -0.3 is 33.7 Å². The molecular formula is C28H43NO10. The Hall–Kier alpha value is -3.34. The summed E-state index contributed by atoms with van der Waals surface area (Å²) in [5, 5.41) is 3.02. The largest absolute Gasteiger partial charge is 0.513 e. The van der Waals surface area contributed by atoms with E-state index in [0.29, 0.717) is 30.7 Å². The van der Waals surface area contributed by atoms with Crippen molar-refractivity contribution >= 4 is 24.2 Å². The van der Waals surface area contributed by atoms with Gasteiger partial charge in [0.15, 0.2) is 11.5 Å². The highest BCUT2D eigenvalue weighted by atomic mass is 16.7. The van der Waals surface area contributed by atoms with Gasteiger partial charge in [-0.05, 0) is 49.3 Å². The number of nitrogens with one attached hydrogen (secondary N) is 1. The molecule has 0 heterocycles. The van der Waals surface area contributed by atoms with Gasteiger partial charge in [-0.3, -0.25) is 9.59 Å². The van der Waals surface area contributed by atoms with Crippen LogP contribution in [0.25, 0.3) is 0 Å². The number of hydrogen-bond donors (Lipinski definition) is 1. The van der Waals surface area contributed by atoms with Gasteiger partial charge in [0.1, 0.15) is 12.6 Å². The minimum absolute atomic E-state index is 0.0384. The molecule has 11 heteroatoms. The Balaban J connectivity index is 2.91. The van der Waals surface area contributed by atoms with Crippen LogP contribution in [-0.4, -0.2) is 63.8 Å². The average molecular weight is 554 g/mol. The van der Waals surface area contributed by atoms with E-state index in [1.54, 1.807) is 6.07 Å². The molecule has 0 saturated carbocycles. The molecule has 1 rings (SSSR count). The normalized spacial score (nSPS) is 11.4. The zero-order valence-electron chi connectivity index (χ0n) is 23.7. The second-order valence-corrected chi connectivity index (χ2v) is 9.28. The molecule has 1 atom stereocenters. The van der Waals surface area contributed by atoms with E-state index in [1.807, 2.05) is 27.7 Å². The third-order valence-corrected chi connectivity index (χ3v) is 5.44. The number of esters is 2. The van der Waals surface area contributed by atoms with E-state index < -0.39 is 24.3 Å². The lowest BCUT2D eigenvalue weighted by Gasteiger charge is -2.18. The molecule has 0 radical (unpaired) electrons. The highest BCUT2D eigenvalue weighted by Gasteiger charge is 2.22. The first-order chi connectivity index (χ1) is 18.7. The molecule has 1 N–H and O–H groups in total. The fraction of sp³-hybridized carbons (Fsp3) is 0.643. The maximum absolute atomic E-state index is 12.4. The van der Waals surface area contributed by atoms with Crippen molar-refractivity contribution in [1.29, 1.82) is 0 Å². The monoisotopic (exact) mass is 553 g/mol. The van der Waals surface area contributed by atoms with Gasteiger partial charge in [0.25, 0.3) is 0 Å². The van der Waals surface area contributed by atoms with Gasteiger partial charge in [-0.2, -0.15) is 0 Å². The van der Waals surface area contributed by atoms with E-state index in [4.69, 9.17) is 28.4 Å². The molecule has 11 nitrogen and oxygen atoms in total. The van der Waals surface area contributed by atoms with Crippen molar-refractivity contribution in [2.45, 2.75) is 78.7 Å². The van der Waals surface area contributed by atoms with Gasteiger partial charge in [0.2, 0.25) is 0 Å². The number of unbranched alkanes of at least 4 members (excludes halogenated alkanes) is 2. The predicted molar refractivity (Wildman–Crippen MR) is 143 cm³/mol. The quantitative estimate of drug-likeness (QED) is 0.114. The van der Waals surface area contributed by atoms with E-state index in [9.17, 15) is 19.2 Å². The van der Waals surface area contributed by atoms with Crippen LogP contribution in [0.2, 0.25) is 0 Å². The zero-order chi connectivity index (χ0) is 29.0. The minimum Gasteiger partial charge on any atom is -0.468 e. The number of methoxy groups -OCH3 is 1. The molecule has 0 aliphatic heterocycles. The first-order valence-corrected chi connectivity index (χ1v) is 13.5. The zero-order valence-corrected chi connectivity index (χ0v) is 23.7. The molecule has 220 valence electrons. The second kappa shape index (κ2) is 19.7. The first kappa shape index (κ1) is 33.7. The third kappa shape index (κ3) is 15.0. The summed E-state index contributed by atoms with van der Waals surface area (Å²) in [4.78, 5) is 48.5. The fourth-order valence-electron chi connectivity index (χ4n) is 3.18. The van der Waals surface area contributed by atoms with Crippen LogP contribution in [-0.2, 0) is 35.0 Å². The minimum atomic E-state index is -0.952. The van der Waals surface area contributed by atoms with Gasteiger partial charge in [-0.15, -0.1) is 0 Å². The fourth-order valence-corrected chi connectivity index (χ4v) is 3.18. The number of hydrogen-bond acceptors (Lipinski definition) is 11. The second-order valence-electron chi connectivity index (χ2n) is 9.28. The number of carbonyl (C=O) groups is 4. The van der Waals surface area contributed by atoms with E-state index >= 15 is 0 Å². The van der Waals surface area contributed by atoms with E-state index in [2.05, 4.69) is 5.32 Å². The number of ether oxygens (including phenoxy) is 6. The highest BCUT2D eigenvalue weighted by molar-refractivity contribution is 5.76. The molecular weight excluding hydrogens is 510 g/mol.